The number of rotatable bonds is 6. The molecule has 2 aromatic rings. The molecule has 0 unspecified atom stereocenters. The van der Waals surface area contributed by atoms with Crippen molar-refractivity contribution in [2.75, 3.05) is 32.3 Å². The Morgan fingerprint density at radius 1 is 1.07 bits per heavy atom. The van der Waals surface area contributed by atoms with Crippen LogP contribution in [0.1, 0.15) is 15.9 Å². The number of hydrogen-bond acceptors (Lipinski definition) is 5. The summed E-state index contributed by atoms with van der Waals surface area (Å²) < 4.78 is 28.8. The van der Waals surface area contributed by atoms with Crippen molar-refractivity contribution >= 4 is 27.3 Å². The summed E-state index contributed by atoms with van der Waals surface area (Å²) in [6.07, 6.45) is 1.10. The molecular formula is C19H22N2O5S. The first-order valence-corrected chi connectivity index (χ1v) is 10.0. The summed E-state index contributed by atoms with van der Waals surface area (Å²) in [6.45, 7) is 1.66. The molecule has 1 N–H and O–H groups in total. The molecule has 0 heterocycles. The number of nitrogens with one attached hydrogen (secondary N) is 1. The summed E-state index contributed by atoms with van der Waals surface area (Å²) in [5, 5.41) is 2.72. The first-order valence-electron chi connectivity index (χ1n) is 8.13. The van der Waals surface area contributed by atoms with E-state index in [1.807, 2.05) is 0 Å². The lowest BCUT2D eigenvalue weighted by Gasteiger charge is -2.12. The molecule has 0 saturated heterocycles. The van der Waals surface area contributed by atoms with Gasteiger partial charge in [-0.2, -0.15) is 0 Å². The van der Waals surface area contributed by atoms with Gasteiger partial charge in [0.15, 0.2) is 16.4 Å². The fourth-order valence-corrected chi connectivity index (χ4v) is 2.83. The molecule has 0 aromatic heterocycles. The second kappa shape index (κ2) is 8.22. The summed E-state index contributed by atoms with van der Waals surface area (Å²) in [6, 6.07) is 11.0. The van der Waals surface area contributed by atoms with E-state index in [9.17, 15) is 18.0 Å². The third-order valence-electron chi connectivity index (χ3n) is 3.86. The average molecular weight is 390 g/mol. The lowest BCUT2D eigenvalue weighted by Crippen LogP contribution is -2.27. The Kier molecular flexibility index (Phi) is 6.22. The number of nitrogens with zero attached hydrogens (tertiary/aromatic N) is 1. The van der Waals surface area contributed by atoms with Crippen LogP contribution in [0.2, 0.25) is 0 Å². The number of hydrogen-bond donors (Lipinski definition) is 1. The predicted octanol–water partition coefficient (Wildman–Crippen LogP) is 2.12. The number of likely N-dealkylation sites (N-methyl/N-ethyl adjacent to an activating group) is 1. The Hall–Kier alpha value is -2.87. The molecule has 7 nitrogen and oxygen atoms in total. The molecule has 27 heavy (non-hydrogen) atoms. The van der Waals surface area contributed by atoms with Gasteiger partial charge in [0.25, 0.3) is 11.8 Å². The van der Waals surface area contributed by atoms with Gasteiger partial charge in [-0.3, -0.25) is 9.59 Å². The first kappa shape index (κ1) is 20.4. The molecule has 0 bridgehead atoms. The van der Waals surface area contributed by atoms with Crippen LogP contribution >= 0.6 is 0 Å². The van der Waals surface area contributed by atoms with E-state index in [2.05, 4.69) is 5.32 Å². The minimum Gasteiger partial charge on any atom is -0.484 e. The third-order valence-corrected chi connectivity index (χ3v) is 4.97. The van der Waals surface area contributed by atoms with Crippen LogP contribution < -0.4 is 10.1 Å². The van der Waals surface area contributed by atoms with Crippen molar-refractivity contribution in [2.24, 2.45) is 0 Å². The van der Waals surface area contributed by atoms with Crippen LogP contribution in [-0.4, -0.2) is 52.1 Å². The van der Waals surface area contributed by atoms with E-state index in [4.69, 9.17) is 4.74 Å². The zero-order valence-electron chi connectivity index (χ0n) is 15.6. The quantitative estimate of drug-likeness (QED) is 0.816. The first-order chi connectivity index (χ1) is 12.6. The zero-order chi connectivity index (χ0) is 20.2. The molecule has 2 rings (SSSR count). The maximum Gasteiger partial charge on any atom is 0.259 e. The average Bonchev–Trinajstić information content (AvgIpc) is 2.60. The maximum absolute atomic E-state index is 12.5. The fourth-order valence-electron chi connectivity index (χ4n) is 2.18. The van der Waals surface area contributed by atoms with Crippen molar-refractivity contribution in [1.82, 2.24) is 4.90 Å². The molecule has 0 aliphatic heterocycles. The van der Waals surface area contributed by atoms with Crippen molar-refractivity contribution < 1.29 is 22.7 Å². The predicted molar refractivity (Wildman–Crippen MR) is 103 cm³/mol. The highest BCUT2D eigenvalue weighted by atomic mass is 32.2. The van der Waals surface area contributed by atoms with Gasteiger partial charge in [0.1, 0.15) is 5.75 Å². The number of sulfone groups is 1. The third kappa shape index (κ3) is 5.55. The van der Waals surface area contributed by atoms with Crippen molar-refractivity contribution in [2.45, 2.75) is 11.8 Å². The molecule has 8 heteroatoms. The van der Waals surface area contributed by atoms with Crippen LogP contribution in [0.15, 0.2) is 47.4 Å². The highest BCUT2D eigenvalue weighted by molar-refractivity contribution is 7.90. The summed E-state index contributed by atoms with van der Waals surface area (Å²) in [4.78, 5) is 25.5. The van der Waals surface area contributed by atoms with E-state index in [0.29, 0.717) is 17.0 Å². The molecule has 0 fully saturated rings. The fraction of sp³-hybridized carbons (Fsp3) is 0.263. The van der Waals surface area contributed by atoms with Gasteiger partial charge in [-0.05, 0) is 48.9 Å². The van der Waals surface area contributed by atoms with Crippen LogP contribution in [0.4, 0.5) is 5.69 Å². The number of aryl methyl sites for hydroxylation is 1. The normalized spacial score (nSPS) is 11.0. The lowest BCUT2D eigenvalue weighted by molar-refractivity contribution is -0.130. The van der Waals surface area contributed by atoms with Crippen molar-refractivity contribution in [1.29, 1.82) is 0 Å². The second-order valence-electron chi connectivity index (χ2n) is 6.30. The Labute approximate surface area is 158 Å². The van der Waals surface area contributed by atoms with Gasteiger partial charge in [-0.25, -0.2) is 8.42 Å². The van der Waals surface area contributed by atoms with Gasteiger partial charge in [0, 0.05) is 31.6 Å². The Bertz CT molecular complexity index is 951. The van der Waals surface area contributed by atoms with Crippen molar-refractivity contribution in [3.05, 3.63) is 53.6 Å². The largest absolute Gasteiger partial charge is 0.484 e. The molecule has 0 spiro atoms. The SMILES string of the molecule is Cc1ccc(S(C)(=O)=O)cc1C(=O)Nc1ccc(OCC(=O)N(C)C)cc1. The number of amides is 2. The van der Waals surface area contributed by atoms with E-state index < -0.39 is 15.7 Å². The summed E-state index contributed by atoms with van der Waals surface area (Å²) >= 11 is 0. The maximum atomic E-state index is 12.5. The monoisotopic (exact) mass is 390 g/mol. The number of carbonyl (C=O) groups excluding carboxylic acids is 2. The molecule has 0 saturated carbocycles. The molecule has 2 amide bonds. The summed E-state index contributed by atoms with van der Waals surface area (Å²) in [7, 11) is -0.113. The van der Waals surface area contributed by atoms with Gasteiger partial charge < -0.3 is 15.0 Å². The van der Waals surface area contributed by atoms with Gasteiger partial charge in [0.2, 0.25) is 0 Å². The van der Waals surface area contributed by atoms with E-state index in [1.54, 1.807) is 51.4 Å². The minimum atomic E-state index is -3.40. The van der Waals surface area contributed by atoms with Crippen molar-refractivity contribution in [3.8, 4) is 5.75 Å². The smallest absolute Gasteiger partial charge is 0.259 e. The second-order valence-corrected chi connectivity index (χ2v) is 8.32. The standard InChI is InChI=1S/C19H22N2O5S/c1-13-5-10-16(27(4,24)25)11-17(13)19(23)20-14-6-8-15(9-7-14)26-12-18(22)21(2)3/h5-11H,12H2,1-4H3,(H,20,23). The topological polar surface area (TPSA) is 92.8 Å². The number of carbonyl (C=O) groups is 2. The van der Waals surface area contributed by atoms with Gasteiger partial charge in [0.05, 0.1) is 4.90 Å². The van der Waals surface area contributed by atoms with Crippen LogP contribution in [0, 0.1) is 6.92 Å². The zero-order valence-corrected chi connectivity index (χ0v) is 16.5. The lowest BCUT2D eigenvalue weighted by atomic mass is 10.1. The van der Waals surface area contributed by atoms with E-state index in [0.717, 1.165) is 6.26 Å². The Balaban J connectivity index is 2.09. The minimum absolute atomic E-state index is 0.0732. The Morgan fingerprint density at radius 2 is 1.70 bits per heavy atom. The molecule has 0 aliphatic carbocycles. The highest BCUT2D eigenvalue weighted by Crippen LogP contribution is 2.19. The summed E-state index contributed by atoms with van der Waals surface area (Å²) in [5.41, 5.74) is 1.48. The molecule has 2 aromatic carbocycles. The van der Waals surface area contributed by atoms with Gasteiger partial charge in [-0.1, -0.05) is 6.07 Å². The van der Waals surface area contributed by atoms with E-state index in [-0.39, 0.29) is 23.0 Å². The van der Waals surface area contributed by atoms with Crippen LogP contribution in [-0.2, 0) is 14.6 Å². The molecule has 144 valence electrons. The summed E-state index contributed by atoms with van der Waals surface area (Å²) in [5.74, 6) is -0.0680. The molecular weight excluding hydrogens is 368 g/mol. The van der Waals surface area contributed by atoms with Crippen LogP contribution in [0.25, 0.3) is 0 Å². The number of benzene rings is 2. The van der Waals surface area contributed by atoms with Crippen LogP contribution in [0.5, 0.6) is 5.75 Å². The number of ether oxygens (including phenoxy) is 1. The number of anilines is 1. The van der Waals surface area contributed by atoms with E-state index in [1.165, 1.54) is 17.0 Å². The van der Waals surface area contributed by atoms with Gasteiger partial charge in [-0.15, -0.1) is 0 Å². The van der Waals surface area contributed by atoms with Gasteiger partial charge >= 0.3 is 0 Å². The molecule has 0 aliphatic rings. The van der Waals surface area contributed by atoms with Crippen molar-refractivity contribution in [3.63, 3.8) is 0 Å². The molecule has 0 radical (unpaired) electrons. The van der Waals surface area contributed by atoms with Crippen LogP contribution in [0.3, 0.4) is 0 Å². The van der Waals surface area contributed by atoms with E-state index >= 15 is 0 Å². The highest BCUT2D eigenvalue weighted by Gasteiger charge is 2.15. The Morgan fingerprint density at radius 3 is 2.26 bits per heavy atom. The molecule has 0 atom stereocenters.